The minimum Gasteiger partial charge on any atom is -0.460 e. The van der Waals surface area contributed by atoms with Gasteiger partial charge in [0.25, 0.3) is 0 Å². The van der Waals surface area contributed by atoms with Crippen LogP contribution in [0.2, 0.25) is 0 Å². The van der Waals surface area contributed by atoms with E-state index >= 15 is 0 Å². The van der Waals surface area contributed by atoms with Crippen molar-refractivity contribution in [2.45, 2.75) is 6.42 Å². The lowest BCUT2D eigenvalue weighted by Gasteiger charge is -1.96. The van der Waals surface area contributed by atoms with Crippen LogP contribution in [-0.2, 0) is 6.42 Å². The SMILES string of the molecule is Brc1cc(Br)c2oc(Cc3ccccc3)cc2c1. The zero-order valence-corrected chi connectivity index (χ0v) is 12.7. The molecule has 90 valence electrons. The summed E-state index contributed by atoms with van der Waals surface area (Å²) < 4.78 is 7.92. The molecule has 0 radical (unpaired) electrons. The predicted octanol–water partition coefficient (Wildman–Crippen LogP) is 5.55. The molecule has 0 unspecified atom stereocenters. The number of rotatable bonds is 2. The molecule has 0 fully saturated rings. The van der Waals surface area contributed by atoms with Crippen molar-refractivity contribution in [2.24, 2.45) is 0 Å². The van der Waals surface area contributed by atoms with E-state index in [1.807, 2.05) is 24.3 Å². The average Bonchev–Trinajstić information content (AvgIpc) is 2.73. The molecule has 3 heteroatoms. The lowest BCUT2D eigenvalue weighted by molar-refractivity contribution is 0.561. The molecular formula is C15H10Br2O. The van der Waals surface area contributed by atoms with Gasteiger partial charge in [0.2, 0.25) is 0 Å². The largest absolute Gasteiger partial charge is 0.460 e. The lowest BCUT2D eigenvalue weighted by atomic mass is 10.1. The molecule has 1 nitrogen and oxygen atoms in total. The molecule has 0 N–H and O–H groups in total. The highest BCUT2D eigenvalue weighted by molar-refractivity contribution is 9.11. The number of furan rings is 1. The zero-order valence-electron chi connectivity index (χ0n) is 9.49. The maximum Gasteiger partial charge on any atom is 0.148 e. The Morgan fingerprint density at radius 1 is 0.944 bits per heavy atom. The van der Waals surface area contributed by atoms with E-state index in [4.69, 9.17) is 4.42 Å². The molecule has 2 aromatic carbocycles. The van der Waals surface area contributed by atoms with Crippen molar-refractivity contribution in [3.8, 4) is 0 Å². The van der Waals surface area contributed by atoms with Crippen LogP contribution in [0.1, 0.15) is 11.3 Å². The van der Waals surface area contributed by atoms with Crippen LogP contribution in [0.5, 0.6) is 0 Å². The highest BCUT2D eigenvalue weighted by Gasteiger charge is 2.08. The summed E-state index contributed by atoms with van der Waals surface area (Å²) >= 11 is 7.01. The highest BCUT2D eigenvalue weighted by Crippen LogP contribution is 2.31. The van der Waals surface area contributed by atoms with E-state index in [-0.39, 0.29) is 0 Å². The van der Waals surface area contributed by atoms with Crippen LogP contribution < -0.4 is 0 Å². The standard InChI is InChI=1S/C15H10Br2O/c16-12-7-11-8-13(18-15(11)14(17)9-12)6-10-4-2-1-3-5-10/h1-5,7-9H,6H2. The summed E-state index contributed by atoms with van der Waals surface area (Å²) in [7, 11) is 0. The Morgan fingerprint density at radius 3 is 2.50 bits per heavy atom. The lowest BCUT2D eigenvalue weighted by Crippen LogP contribution is -1.83. The third-order valence-electron chi connectivity index (χ3n) is 2.81. The van der Waals surface area contributed by atoms with E-state index in [1.54, 1.807) is 0 Å². The molecule has 3 rings (SSSR count). The predicted molar refractivity (Wildman–Crippen MR) is 80.9 cm³/mol. The monoisotopic (exact) mass is 364 g/mol. The van der Waals surface area contributed by atoms with Crippen molar-refractivity contribution in [1.82, 2.24) is 0 Å². The quantitative estimate of drug-likeness (QED) is 0.580. The highest BCUT2D eigenvalue weighted by atomic mass is 79.9. The van der Waals surface area contributed by atoms with E-state index < -0.39 is 0 Å². The van der Waals surface area contributed by atoms with E-state index in [0.29, 0.717) is 0 Å². The van der Waals surface area contributed by atoms with Crippen molar-refractivity contribution in [2.75, 3.05) is 0 Å². The molecule has 0 amide bonds. The number of hydrogen-bond donors (Lipinski definition) is 0. The fraction of sp³-hybridized carbons (Fsp3) is 0.0667. The Morgan fingerprint density at radius 2 is 1.72 bits per heavy atom. The number of benzene rings is 2. The summed E-state index contributed by atoms with van der Waals surface area (Å²) in [6.45, 7) is 0. The van der Waals surface area contributed by atoms with E-state index in [2.05, 4.69) is 56.1 Å². The van der Waals surface area contributed by atoms with Gasteiger partial charge in [0, 0.05) is 16.3 Å². The van der Waals surface area contributed by atoms with Crippen LogP contribution in [0.3, 0.4) is 0 Å². The Balaban J connectivity index is 2.01. The van der Waals surface area contributed by atoms with Crippen LogP contribution in [0.4, 0.5) is 0 Å². The number of halogens is 2. The van der Waals surface area contributed by atoms with Gasteiger partial charge in [0.15, 0.2) is 0 Å². The first kappa shape index (κ1) is 12.0. The van der Waals surface area contributed by atoms with E-state index in [9.17, 15) is 0 Å². The third kappa shape index (κ3) is 2.38. The summed E-state index contributed by atoms with van der Waals surface area (Å²) in [6.07, 6.45) is 0.819. The van der Waals surface area contributed by atoms with Crippen molar-refractivity contribution in [3.05, 3.63) is 68.8 Å². The first-order valence-electron chi connectivity index (χ1n) is 5.64. The minimum absolute atomic E-state index is 0.819. The van der Waals surface area contributed by atoms with Gasteiger partial charge in [-0.2, -0.15) is 0 Å². The fourth-order valence-electron chi connectivity index (χ4n) is 2.01. The van der Waals surface area contributed by atoms with Gasteiger partial charge < -0.3 is 4.42 Å². The van der Waals surface area contributed by atoms with Gasteiger partial charge in [0.1, 0.15) is 11.3 Å². The van der Waals surface area contributed by atoms with Gasteiger partial charge >= 0.3 is 0 Å². The minimum atomic E-state index is 0.819. The maximum atomic E-state index is 5.89. The summed E-state index contributed by atoms with van der Waals surface area (Å²) in [6, 6.07) is 16.5. The smallest absolute Gasteiger partial charge is 0.148 e. The van der Waals surface area contributed by atoms with Gasteiger partial charge in [-0.25, -0.2) is 0 Å². The summed E-state index contributed by atoms with van der Waals surface area (Å²) in [5, 5.41) is 1.11. The summed E-state index contributed by atoms with van der Waals surface area (Å²) in [5.74, 6) is 0.981. The Hall–Kier alpha value is -1.06. The average molecular weight is 366 g/mol. The van der Waals surface area contributed by atoms with Crippen LogP contribution in [0.25, 0.3) is 11.0 Å². The molecule has 0 saturated heterocycles. The second-order valence-electron chi connectivity index (χ2n) is 4.18. The van der Waals surface area contributed by atoms with Crippen molar-refractivity contribution in [3.63, 3.8) is 0 Å². The molecule has 0 aliphatic rings. The normalized spacial score (nSPS) is 11.0. The first-order valence-corrected chi connectivity index (χ1v) is 7.22. The van der Waals surface area contributed by atoms with Gasteiger partial charge in [0.05, 0.1) is 4.47 Å². The molecule has 0 atom stereocenters. The molecule has 3 aromatic rings. The van der Waals surface area contributed by atoms with Gasteiger partial charge in [-0.15, -0.1) is 0 Å². The second-order valence-corrected chi connectivity index (χ2v) is 5.95. The first-order chi connectivity index (χ1) is 8.72. The molecule has 1 aromatic heterocycles. The maximum absolute atomic E-state index is 5.89. The Labute approximate surface area is 122 Å². The zero-order chi connectivity index (χ0) is 12.5. The third-order valence-corrected chi connectivity index (χ3v) is 3.85. The molecular weight excluding hydrogens is 356 g/mol. The Bertz CT molecular complexity index is 686. The molecule has 0 saturated carbocycles. The van der Waals surface area contributed by atoms with Gasteiger partial charge in [-0.1, -0.05) is 46.3 Å². The topological polar surface area (TPSA) is 13.1 Å². The van der Waals surface area contributed by atoms with Crippen molar-refractivity contribution in [1.29, 1.82) is 0 Å². The number of hydrogen-bond acceptors (Lipinski definition) is 1. The van der Waals surface area contributed by atoms with E-state index in [0.717, 1.165) is 32.1 Å². The van der Waals surface area contributed by atoms with Crippen LogP contribution in [0.15, 0.2) is 61.9 Å². The van der Waals surface area contributed by atoms with Crippen molar-refractivity contribution < 1.29 is 4.42 Å². The molecule has 0 spiro atoms. The summed E-state index contributed by atoms with van der Waals surface area (Å²) in [4.78, 5) is 0. The van der Waals surface area contributed by atoms with Crippen LogP contribution in [-0.4, -0.2) is 0 Å². The fourth-order valence-corrected chi connectivity index (χ4v) is 3.35. The summed E-state index contributed by atoms with van der Waals surface area (Å²) in [5.41, 5.74) is 2.16. The molecule has 0 aliphatic carbocycles. The molecule has 0 bridgehead atoms. The molecule has 0 aliphatic heterocycles. The van der Waals surface area contributed by atoms with Crippen LogP contribution in [0, 0.1) is 0 Å². The molecule has 18 heavy (non-hydrogen) atoms. The van der Waals surface area contributed by atoms with Gasteiger partial charge in [-0.3, -0.25) is 0 Å². The van der Waals surface area contributed by atoms with E-state index in [1.165, 1.54) is 5.56 Å². The molecule has 1 heterocycles. The number of fused-ring (bicyclic) bond motifs is 1. The Kier molecular flexibility index (Phi) is 3.27. The van der Waals surface area contributed by atoms with Crippen molar-refractivity contribution >= 4 is 42.8 Å². The second kappa shape index (κ2) is 4.90. The van der Waals surface area contributed by atoms with Gasteiger partial charge in [-0.05, 0) is 39.7 Å². The van der Waals surface area contributed by atoms with Crippen LogP contribution >= 0.6 is 31.9 Å².